The molecule has 0 saturated carbocycles. The van der Waals surface area contributed by atoms with Crippen LogP contribution in [0, 0.1) is 0 Å². The van der Waals surface area contributed by atoms with Gasteiger partial charge in [0.1, 0.15) is 0 Å². The Hall–Kier alpha value is -4.05. The minimum absolute atomic E-state index is 0.00392. The van der Waals surface area contributed by atoms with Gasteiger partial charge in [-0.3, -0.25) is 4.79 Å². The van der Waals surface area contributed by atoms with E-state index in [-0.39, 0.29) is 28.2 Å². The van der Waals surface area contributed by atoms with Gasteiger partial charge in [-0.15, -0.1) is 0 Å². The largest absolute Gasteiger partial charge is 0.478 e. The van der Waals surface area contributed by atoms with Crippen molar-refractivity contribution in [3.05, 3.63) is 88.4 Å². The van der Waals surface area contributed by atoms with Gasteiger partial charge in [0.2, 0.25) is 0 Å². The van der Waals surface area contributed by atoms with Gasteiger partial charge in [-0.1, -0.05) is 23.7 Å². The third-order valence-corrected chi connectivity index (χ3v) is 4.61. The maximum atomic E-state index is 13.0. The van der Waals surface area contributed by atoms with Crippen molar-refractivity contribution in [2.24, 2.45) is 0 Å². The smallest absolute Gasteiger partial charge is 0.417 e. The number of carboxylic acids is 1. The molecule has 3 aromatic rings. The van der Waals surface area contributed by atoms with E-state index in [2.05, 4.69) is 16.0 Å². The van der Waals surface area contributed by atoms with E-state index < -0.39 is 34.7 Å². The molecule has 0 unspecified atom stereocenters. The minimum Gasteiger partial charge on any atom is -0.478 e. The van der Waals surface area contributed by atoms with Crippen LogP contribution < -0.4 is 16.0 Å². The predicted octanol–water partition coefficient (Wildman–Crippen LogP) is 5.95. The van der Waals surface area contributed by atoms with Crippen LogP contribution in [-0.2, 0) is 6.18 Å². The summed E-state index contributed by atoms with van der Waals surface area (Å²) in [5, 5.41) is 15.8. The van der Waals surface area contributed by atoms with Gasteiger partial charge < -0.3 is 21.1 Å². The van der Waals surface area contributed by atoms with E-state index in [0.717, 1.165) is 6.07 Å². The quantitative estimate of drug-likeness (QED) is 0.364. The van der Waals surface area contributed by atoms with Crippen LogP contribution in [0.25, 0.3) is 0 Å². The first kappa shape index (κ1) is 23.6. The van der Waals surface area contributed by atoms with E-state index in [1.54, 1.807) is 0 Å². The Morgan fingerprint density at radius 3 is 1.91 bits per heavy atom. The summed E-state index contributed by atoms with van der Waals surface area (Å²) >= 11 is 5.56. The number of aromatic carboxylic acids is 1. The molecule has 0 heterocycles. The fourth-order valence-electron chi connectivity index (χ4n) is 2.79. The molecule has 4 N–H and O–H groups in total. The Morgan fingerprint density at radius 2 is 1.30 bits per heavy atom. The standard InChI is InChI=1S/C22H15ClF3N3O4/c23-18-8-7-16(11-17(18)22(24,25)26)29-21(33)28-15-6-1-3-12(9-15)19(30)27-14-5-2-4-13(10-14)20(31)32/h1-11H,(H,27,30)(H,31,32)(H2,28,29,33). The number of alkyl halides is 3. The van der Waals surface area contributed by atoms with Crippen molar-refractivity contribution in [2.75, 3.05) is 16.0 Å². The molecule has 170 valence electrons. The summed E-state index contributed by atoms with van der Waals surface area (Å²) < 4.78 is 38.9. The third kappa shape index (κ3) is 6.23. The number of amides is 3. The Kier molecular flexibility index (Phi) is 6.88. The molecule has 0 fully saturated rings. The summed E-state index contributed by atoms with van der Waals surface area (Å²) in [7, 11) is 0. The van der Waals surface area contributed by atoms with Gasteiger partial charge in [0, 0.05) is 22.6 Å². The topological polar surface area (TPSA) is 108 Å². The number of hydrogen-bond acceptors (Lipinski definition) is 3. The van der Waals surface area contributed by atoms with Crippen molar-refractivity contribution in [1.29, 1.82) is 0 Å². The van der Waals surface area contributed by atoms with Crippen molar-refractivity contribution in [3.63, 3.8) is 0 Å². The summed E-state index contributed by atoms with van der Waals surface area (Å²) in [4.78, 5) is 35.7. The van der Waals surface area contributed by atoms with E-state index in [9.17, 15) is 27.6 Å². The van der Waals surface area contributed by atoms with Gasteiger partial charge in [-0.2, -0.15) is 13.2 Å². The van der Waals surface area contributed by atoms with Crippen LogP contribution in [0.15, 0.2) is 66.7 Å². The summed E-state index contributed by atoms with van der Waals surface area (Å²) in [6, 6.07) is 13.5. The fourth-order valence-corrected chi connectivity index (χ4v) is 3.01. The highest BCUT2D eigenvalue weighted by Gasteiger charge is 2.33. The highest BCUT2D eigenvalue weighted by atomic mass is 35.5. The maximum Gasteiger partial charge on any atom is 0.417 e. The Labute approximate surface area is 190 Å². The number of nitrogens with one attached hydrogen (secondary N) is 3. The minimum atomic E-state index is -4.68. The van der Waals surface area contributed by atoms with Crippen molar-refractivity contribution in [3.8, 4) is 0 Å². The molecule has 0 spiro atoms. The van der Waals surface area contributed by atoms with Crippen molar-refractivity contribution in [1.82, 2.24) is 0 Å². The molecule has 3 aromatic carbocycles. The first-order valence-electron chi connectivity index (χ1n) is 9.22. The number of benzene rings is 3. The fraction of sp³-hybridized carbons (Fsp3) is 0.0455. The average Bonchev–Trinajstić information content (AvgIpc) is 2.74. The van der Waals surface area contributed by atoms with Crippen LogP contribution in [0.2, 0.25) is 5.02 Å². The Morgan fingerprint density at radius 1 is 0.758 bits per heavy atom. The van der Waals surface area contributed by atoms with Crippen LogP contribution in [0.3, 0.4) is 0 Å². The zero-order valence-corrected chi connectivity index (χ0v) is 17.3. The molecule has 33 heavy (non-hydrogen) atoms. The van der Waals surface area contributed by atoms with Crippen molar-refractivity contribution < 1.29 is 32.7 Å². The zero-order valence-electron chi connectivity index (χ0n) is 16.5. The van der Waals surface area contributed by atoms with E-state index in [1.165, 1.54) is 54.6 Å². The average molecular weight is 478 g/mol. The lowest BCUT2D eigenvalue weighted by Crippen LogP contribution is -2.20. The van der Waals surface area contributed by atoms with Gasteiger partial charge in [-0.25, -0.2) is 9.59 Å². The SMILES string of the molecule is O=C(Nc1cccc(C(=O)Nc2cccc(C(=O)O)c2)c1)Nc1ccc(Cl)c(C(F)(F)F)c1. The van der Waals surface area contributed by atoms with Crippen LogP contribution in [0.5, 0.6) is 0 Å². The monoisotopic (exact) mass is 477 g/mol. The molecule has 0 aliphatic carbocycles. The highest BCUT2D eigenvalue weighted by Crippen LogP contribution is 2.36. The third-order valence-electron chi connectivity index (χ3n) is 4.28. The normalized spacial score (nSPS) is 10.9. The Bertz CT molecular complexity index is 1230. The number of hydrogen-bond donors (Lipinski definition) is 4. The molecular weight excluding hydrogens is 463 g/mol. The lowest BCUT2D eigenvalue weighted by Gasteiger charge is -2.13. The molecule has 0 aliphatic rings. The van der Waals surface area contributed by atoms with Gasteiger partial charge in [0.25, 0.3) is 5.91 Å². The number of carboxylic acid groups (broad SMARTS) is 1. The van der Waals surface area contributed by atoms with Crippen LogP contribution in [0.4, 0.5) is 35.0 Å². The zero-order chi connectivity index (χ0) is 24.2. The summed E-state index contributed by atoms with van der Waals surface area (Å²) in [5.41, 5.74) is -0.608. The van der Waals surface area contributed by atoms with E-state index >= 15 is 0 Å². The number of carbonyl (C=O) groups excluding carboxylic acids is 2. The molecule has 0 aromatic heterocycles. The first-order valence-corrected chi connectivity index (χ1v) is 9.60. The lowest BCUT2D eigenvalue weighted by molar-refractivity contribution is -0.137. The Balaban J connectivity index is 1.69. The number of halogens is 4. The second-order valence-corrected chi connectivity index (χ2v) is 7.10. The maximum absolute atomic E-state index is 13.0. The van der Waals surface area contributed by atoms with Gasteiger partial charge in [0.05, 0.1) is 16.1 Å². The van der Waals surface area contributed by atoms with Crippen LogP contribution >= 0.6 is 11.6 Å². The number of urea groups is 1. The summed E-state index contributed by atoms with van der Waals surface area (Å²) in [6.45, 7) is 0. The van der Waals surface area contributed by atoms with Gasteiger partial charge in [-0.05, 0) is 54.6 Å². The summed E-state index contributed by atoms with van der Waals surface area (Å²) in [5.74, 6) is -1.71. The molecular formula is C22H15ClF3N3O4. The van der Waals surface area contributed by atoms with Crippen molar-refractivity contribution in [2.45, 2.75) is 6.18 Å². The van der Waals surface area contributed by atoms with Gasteiger partial charge in [0.15, 0.2) is 0 Å². The van der Waals surface area contributed by atoms with Gasteiger partial charge >= 0.3 is 18.2 Å². The first-order chi connectivity index (χ1) is 15.5. The number of rotatable bonds is 5. The van der Waals surface area contributed by atoms with Crippen LogP contribution in [-0.4, -0.2) is 23.0 Å². The molecule has 7 nitrogen and oxygen atoms in total. The van der Waals surface area contributed by atoms with E-state index in [4.69, 9.17) is 16.7 Å². The number of anilines is 3. The highest BCUT2D eigenvalue weighted by molar-refractivity contribution is 6.31. The second-order valence-electron chi connectivity index (χ2n) is 6.69. The molecule has 0 atom stereocenters. The molecule has 3 amide bonds. The predicted molar refractivity (Wildman–Crippen MR) is 117 cm³/mol. The van der Waals surface area contributed by atoms with E-state index in [0.29, 0.717) is 6.07 Å². The molecule has 11 heteroatoms. The molecule has 0 aliphatic heterocycles. The number of carbonyl (C=O) groups is 3. The summed E-state index contributed by atoms with van der Waals surface area (Å²) in [6.07, 6.45) is -4.68. The van der Waals surface area contributed by atoms with Crippen molar-refractivity contribution >= 4 is 46.6 Å². The molecule has 0 bridgehead atoms. The second kappa shape index (κ2) is 9.61. The molecule has 3 rings (SSSR count). The molecule has 0 saturated heterocycles. The lowest BCUT2D eigenvalue weighted by atomic mass is 10.1. The van der Waals surface area contributed by atoms with Crippen LogP contribution in [0.1, 0.15) is 26.3 Å². The van der Waals surface area contributed by atoms with E-state index in [1.807, 2.05) is 0 Å². The molecule has 0 radical (unpaired) electrons.